The van der Waals surface area contributed by atoms with Gasteiger partial charge in [-0.15, -0.1) is 0 Å². The van der Waals surface area contributed by atoms with E-state index in [1.807, 2.05) is 19.2 Å². The second-order valence-electron chi connectivity index (χ2n) is 12.4. The first-order valence-corrected chi connectivity index (χ1v) is 15.1. The minimum atomic E-state index is -0.925. The standard InChI is InChI=1S/C33H40ClNO5/c1-39-31(22-6-4-21(18-36)5-7-22)27-11-8-25(27)17-35-19-33(14-2-3-23-15-26(34)10-12-28(23)33)20-40-30-13-9-24(32(37)38)16-29(30)35/h6,9-10,12-13,15-16,21,25,27,31,36H,2-5,7-8,11,14,17-20H2,1H3,(H,37,38)/t21-,25+,27-,31+,33?/m1/s1. The number of hydrogen-bond acceptors (Lipinski definition) is 5. The van der Waals surface area contributed by atoms with Gasteiger partial charge in [0.15, 0.2) is 0 Å². The van der Waals surface area contributed by atoms with Crippen molar-refractivity contribution in [2.24, 2.45) is 17.8 Å². The number of aromatic carboxylic acids is 1. The Kier molecular flexibility index (Phi) is 7.86. The Morgan fingerprint density at radius 3 is 2.77 bits per heavy atom. The number of carbonyl (C=O) groups is 1. The van der Waals surface area contributed by atoms with Gasteiger partial charge in [-0.25, -0.2) is 4.79 Å². The number of hydrogen-bond donors (Lipinski definition) is 2. The average molecular weight is 566 g/mol. The van der Waals surface area contributed by atoms with Crippen LogP contribution in [0.4, 0.5) is 5.69 Å². The van der Waals surface area contributed by atoms with Gasteiger partial charge < -0.3 is 24.6 Å². The number of allylic oxidation sites excluding steroid dienone is 1. The molecule has 0 bridgehead atoms. The zero-order chi connectivity index (χ0) is 27.9. The molecule has 3 aliphatic carbocycles. The third kappa shape index (κ3) is 5.15. The summed E-state index contributed by atoms with van der Waals surface area (Å²) in [6, 6.07) is 11.5. The van der Waals surface area contributed by atoms with Gasteiger partial charge in [0.05, 0.1) is 24.0 Å². The van der Waals surface area contributed by atoms with Gasteiger partial charge in [-0.1, -0.05) is 23.7 Å². The van der Waals surface area contributed by atoms with Crippen molar-refractivity contribution in [2.75, 3.05) is 38.3 Å². The van der Waals surface area contributed by atoms with Crippen LogP contribution in [0.15, 0.2) is 48.0 Å². The molecule has 5 atom stereocenters. The van der Waals surface area contributed by atoms with Gasteiger partial charge in [0.1, 0.15) is 5.75 Å². The minimum Gasteiger partial charge on any atom is -0.490 e. The number of methoxy groups -OCH3 is 1. The molecule has 7 heteroatoms. The van der Waals surface area contributed by atoms with Crippen molar-refractivity contribution in [3.63, 3.8) is 0 Å². The van der Waals surface area contributed by atoms with Crippen LogP contribution in [0.1, 0.15) is 66.4 Å². The molecule has 214 valence electrons. The van der Waals surface area contributed by atoms with Crippen LogP contribution in [0, 0.1) is 17.8 Å². The molecule has 1 fully saturated rings. The molecule has 0 aromatic heterocycles. The topological polar surface area (TPSA) is 79.2 Å². The van der Waals surface area contributed by atoms with E-state index in [2.05, 4.69) is 23.1 Å². The SMILES string of the molecule is CO[C@@H](C1=CC[C@@H](CO)CC1)[C@@H]1CC[C@H]1CN1CC2(CCCc3cc(Cl)ccc32)COc2ccc(C(=O)O)cc21. The van der Waals surface area contributed by atoms with Crippen molar-refractivity contribution in [3.05, 3.63) is 69.8 Å². The second kappa shape index (κ2) is 11.4. The number of ether oxygens (including phenoxy) is 2. The highest BCUT2D eigenvalue weighted by Crippen LogP contribution is 2.48. The molecule has 1 spiro atoms. The molecule has 40 heavy (non-hydrogen) atoms. The molecule has 6 rings (SSSR count). The Morgan fingerprint density at radius 2 is 2.08 bits per heavy atom. The number of nitrogens with zero attached hydrogens (tertiary/aromatic N) is 1. The molecule has 4 aliphatic rings. The third-order valence-electron chi connectivity index (χ3n) is 10.0. The quantitative estimate of drug-likeness (QED) is 0.385. The van der Waals surface area contributed by atoms with Crippen molar-refractivity contribution < 1.29 is 24.5 Å². The minimum absolute atomic E-state index is 0.0953. The summed E-state index contributed by atoms with van der Waals surface area (Å²) in [7, 11) is 1.83. The molecule has 2 aromatic rings. The number of benzene rings is 2. The number of fused-ring (bicyclic) bond motifs is 3. The van der Waals surface area contributed by atoms with Gasteiger partial charge in [0, 0.05) is 37.2 Å². The Labute approximate surface area is 241 Å². The van der Waals surface area contributed by atoms with Crippen molar-refractivity contribution in [1.82, 2.24) is 0 Å². The number of rotatable bonds is 7. The van der Waals surface area contributed by atoms with E-state index in [9.17, 15) is 15.0 Å². The van der Waals surface area contributed by atoms with Crippen molar-refractivity contribution in [3.8, 4) is 5.75 Å². The molecular formula is C33H40ClNO5. The fourth-order valence-corrected chi connectivity index (χ4v) is 7.88. The monoisotopic (exact) mass is 565 g/mol. The summed E-state index contributed by atoms with van der Waals surface area (Å²) in [6.07, 6.45) is 10.7. The third-order valence-corrected chi connectivity index (χ3v) is 10.3. The molecule has 2 aromatic carbocycles. The lowest BCUT2D eigenvalue weighted by Gasteiger charge is -2.47. The number of aliphatic hydroxyl groups is 1. The van der Waals surface area contributed by atoms with Gasteiger partial charge in [0.2, 0.25) is 0 Å². The van der Waals surface area contributed by atoms with Crippen LogP contribution < -0.4 is 9.64 Å². The van der Waals surface area contributed by atoms with Crippen molar-refractivity contribution in [2.45, 2.75) is 62.9 Å². The van der Waals surface area contributed by atoms with E-state index in [0.717, 1.165) is 80.9 Å². The maximum Gasteiger partial charge on any atom is 0.335 e. The van der Waals surface area contributed by atoms with Gasteiger partial charge in [0.25, 0.3) is 0 Å². The highest BCUT2D eigenvalue weighted by molar-refractivity contribution is 6.30. The molecule has 2 N–H and O–H groups in total. The Bertz CT molecular complexity index is 1290. The maximum atomic E-state index is 11.9. The molecular weight excluding hydrogens is 526 g/mol. The van der Waals surface area contributed by atoms with Gasteiger partial charge >= 0.3 is 5.97 Å². The van der Waals surface area contributed by atoms with Crippen molar-refractivity contribution >= 4 is 23.3 Å². The van der Waals surface area contributed by atoms with E-state index >= 15 is 0 Å². The lowest BCUT2D eigenvalue weighted by molar-refractivity contribution is 0.00273. The average Bonchev–Trinajstić information content (AvgIpc) is 3.10. The van der Waals surface area contributed by atoms with Gasteiger partial charge in [-0.2, -0.15) is 0 Å². The molecule has 1 aliphatic heterocycles. The highest BCUT2D eigenvalue weighted by Gasteiger charge is 2.45. The summed E-state index contributed by atoms with van der Waals surface area (Å²) in [5, 5.41) is 20.1. The summed E-state index contributed by atoms with van der Waals surface area (Å²) in [4.78, 5) is 14.4. The van der Waals surface area contributed by atoms with Gasteiger partial charge in [-0.3, -0.25) is 0 Å². The zero-order valence-corrected chi connectivity index (χ0v) is 24.0. The number of carboxylic acid groups (broad SMARTS) is 1. The van der Waals surface area contributed by atoms with Crippen LogP contribution in [0.3, 0.4) is 0 Å². The van der Waals surface area contributed by atoms with Crippen LogP contribution in [0.25, 0.3) is 0 Å². The predicted molar refractivity (Wildman–Crippen MR) is 157 cm³/mol. The maximum absolute atomic E-state index is 11.9. The van der Waals surface area contributed by atoms with E-state index in [1.165, 1.54) is 16.7 Å². The normalized spacial score (nSPS) is 28.4. The first kappa shape index (κ1) is 27.6. The molecule has 1 heterocycles. The number of aliphatic hydroxyl groups excluding tert-OH is 1. The van der Waals surface area contributed by atoms with Crippen LogP contribution in [-0.4, -0.2) is 55.7 Å². The zero-order valence-electron chi connectivity index (χ0n) is 23.3. The first-order valence-electron chi connectivity index (χ1n) is 14.8. The van der Waals surface area contributed by atoms with Crippen LogP contribution in [-0.2, 0) is 16.6 Å². The lowest BCUT2D eigenvalue weighted by atomic mass is 9.66. The Hall–Kier alpha value is -2.54. The summed E-state index contributed by atoms with van der Waals surface area (Å²) >= 11 is 6.39. The molecule has 6 nitrogen and oxygen atoms in total. The Morgan fingerprint density at radius 1 is 1.20 bits per heavy atom. The van der Waals surface area contributed by atoms with Crippen LogP contribution in [0.2, 0.25) is 5.02 Å². The molecule has 0 radical (unpaired) electrons. The summed E-state index contributed by atoms with van der Waals surface area (Å²) in [5.74, 6) is 1.05. The fraction of sp³-hybridized carbons (Fsp3) is 0.545. The van der Waals surface area contributed by atoms with E-state index in [0.29, 0.717) is 24.4 Å². The fourth-order valence-electron chi connectivity index (χ4n) is 7.68. The Balaban J connectivity index is 1.32. The summed E-state index contributed by atoms with van der Waals surface area (Å²) in [6.45, 7) is 2.42. The number of anilines is 1. The smallest absolute Gasteiger partial charge is 0.335 e. The van der Waals surface area contributed by atoms with E-state index in [-0.39, 0.29) is 23.7 Å². The summed E-state index contributed by atoms with van der Waals surface area (Å²) in [5.41, 5.74) is 4.95. The van der Waals surface area contributed by atoms with E-state index in [1.54, 1.807) is 12.1 Å². The van der Waals surface area contributed by atoms with E-state index < -0.39 is 5.97 Å². The molecule has 0 amide bonds. The number of aryl methyl sites for hydroxylation is 1. The molecule has 1 saturated carbocycles. The molecule has 0 saturated heterocycles. The van der Waals surface area contributed by atoms with E-state index in [4.69, 9.17) is 21.1 Å². The molecule has 1 unspecified atom stereocenters. The number of carboxylic acids is 1. The van der Waals surface area contributed by atoms with Crippen LogP contribution >= 0.6 is 11.6 Å². The number of halogens is 1. The lowest BCUT2D eigenvalue weighted by Crippen LogP contribution is -2.50. The predicted octanol–water partition coefficient (Wildman–Crippen LogP) is 6.27. The van der Waals surface area contributed by atoms with Gasteiger partial charge in [-0.05, 0) is 116 Å². The largest absolute Gasteiger partial charge is 0.490 e. The summed E-state index contributed by atoms with van der Waals surface area (Å²) < 4.78 is 12.6. The highest BCUT2D eigenvalue weighted by atomic mass is 35.5. The van der Waals surface area contributed by atoms with Crippen molar-refractivity contribution in [1.29, 1.82) is 0 Å². The first-order chi connectivity index (χ1) is 19.4. The van der Waals surface area contributed by atoms with Crippen LogP contribution in [0.5, 0.6) is 5.75 Å². The second-order valence-corrected chi connectivity index (χ2v) is 12.8.